The topological polar surface area (TPSA) is 46.3 Å². The predicted octanol–water partition coefficient (Wildman–Crippen LogP) is 2.68. The van der Waals surface area contributed by atoms with Gasteiger partial charge in [0, 0.05) is 19.1 Å². The monoisotopic (exact) mass is 296 g/mol. The van der Waals surface area contributed by atoms with Crippen molar-refractivity contribution in [3.8, 4) is 0 Å². The lowest BCUT2D eigenvalue weighted by Gasteiger charge is -2.27. The largest absolute Gasteiger partial charge is 0.338 e. The molecule has 2 fully saturated rings. The maximum Gasteiger partial charge on any atom is 0.255 e. The van der Waals surface area contributed by atoms with Gasteiger partial charge in [-0.2, -0.15) is 0 Å². The molecular weight excluding hydrogens is 279 g/mol. The van der Waals surface area contributed by atoms with Crippen molar-refractivity contribution in [2.75, 3.05) is 13.1 Å². The highest BCUT2D eigenvalue weighted by Crippen LogP contribution is 2.36. The number of nitrogens with zero attached hydrogens (tertiary/aromatic N) is 1. The summed E-state index contributed by atoms with van der Waals surface area (Å²) in [5, 5.41) is -0.0796. The summed E-state index contributed by atoms with van der Waals surface area (Å²) >= 11 is 5.90. The van der Waals surface area contributed by atoms with Crippen LogP contribution in [0.3, 0.4) is 0 Å². The van der Waals surface area contributed by atoms with Gasteiger partial charge in [0.05, 0.1) is 10.6 Å². The summed E-state index contributed by atoms with van der Waals surface area (Å²) in [6.07, 6.45) is 3.09. The fraction of sp³-hybridized carbons (Fsp3) is 0.533. The van der Waals surface area contributed by atoms with Gasteiger partial charge in [0.2, 0.25) is 0 Å². The Labute approximate surface area is 122 Å². The van der Waals surface area contributed by atoms with Crippen molar-refractivity contribution >= 4 is 17.5 Å². The third-order valence-electron chi connectivity index (χ3n) is 4.56. The molecule has 0 spiro atoms. The molecule has 1 unspecified atom stereocenters. The molecule has 1 amide bonds. The standard InChI is InChI=1S/C15H18ClFN2O/c16-14-12(2-1-3-13(14)17)15(20)19-7-9-4-5-11(18)6-10(9)8-19/h1-3,9-11H,4-8,18H2/t9-,10+,11?/m1/s1. The van der Waals surface area contributed by atoms with E-state index in [1.165, 1.54) is 12.1 Å². The summed E-state index contributed by atoms with van der Waals surface area (Å²) in [6.45, 7) is 1.45. The van der Waals surface area contributed by atoms with Gasteiger partial charge >= 0.3 is 0 Å². The fourth-order valence-electron chi connectivity index (χ4n) is 3.47. The molecule has 1 aromatic carbocycles. The summed E-state index contributed by atoms with van der Waals surface area (Å²) in [5.41, 5.74) is 6.25. The Morgan fingerprint density at radius 1 is 1.30 bits per heavy atom. The van der Waals surface area contributed by atoms with E-state index in [0.29, 0.717) is 18.4 Å². The quantitative estimate of drug-likeness (QED) is 0.866. The molecule has 1 aromatic rings. The molecule has 2 N–H and O–H groups in total. The van der Waals surface area contributed by atoms with Gasteiger partial charge in [-0.1, -0.05) is 17.7 Å². The number of rotatable bonds is 1. The van der Waals surface area contributed by atoms with E-state index in [0.717, 1.165) is 25.8 Å². The van der Waals surface area contributed by atoms with Gasteiger partial charge in [0.15, 0.2) is 0 Å². The fourth-order valence-corrected chi connectivity index (χ4v) is 3.68. The Bertz CT molecular complexity index is 537. The minimum absolute atomic E-state index is 0.0796. The zero-order valence-corrected chi connectivity index (χ0v) is 11.9. The number of carbonyl (C=O) groups is 1. The molecule has 20 heavy (non-hydrogen) atoms. The maximum atomic E-state index is 13.5. The minimum Gasteiger partial charge on any atom is -0.338 e. The Balaban J connectivity index is 1.77. The first-order chi connectivity index (χ1) is 9.56. The molecule has 2 aliphatic rings. The number of hydrogen-bond donors (Lipinski definition) is 1. The highest BCUT2D eigenvalue weighted by Gasteiger charge is 2.39. The van der Waals surface area contributed by atoms with Gasteiger partial charge in [-0.15, -0.1) is 0 Å². The molecule has 0 bridgehead atoms. The number of likely N-dealkylation sites (tertiary alicyclic amines) is 1. The molecule has 1 aliphatic carbocycles. The van der Waals surface area contributed by atoms with Crippen LogP contribution in [0, 0.1) is 17.7 Å². The molecule has 108 valence electrons. The molecule has 5 heteroatoms. The number of carbonyl (C=O) groups excluding carboxylic acids is 1. The van der Waals surface area contributed by atoms with Crippen LogP contribution >= 0.6 is 11.6 Å². The number of amides is 1. The van der Waals surface area contributed by atoms with Crippen LogP contribution in [-0.2, 0) is 0 Å². The highest BCUT2D eigenvalue weighted by molar-refractivity contribution is 6.34. The average molecular weight is 297 g/mol. The maximum absolute atomic E-state index is 13.5. The first-order valence-corrected chi connectivity index (χ1v) is 7.43. The number of benzene rings is 1. The van der Waals surface area contributed by atoms with Crippen LogP contribution in [0.25, 0.3) is 0 Å². The molecule has 1 saturated carbocycles. The number of fused-ring (bicyclic) bond motifs is 1. The summed E-state index contributed by atoms with van der Waals surface area (Å²) in [7, 11) is 0. The zero-order valence-electron chi connectivity index (χ0n) is 11.2. The summed E-state index contributed by atoms with van der Waals surface area (Å²) in [6, 6.07) is 4.63. The predicted molar refractivity (Wildman–Crippen MR) is 76.1 cm³/mol. The average Bonchev–Trinajstić information content (AvgIpc) is 2.84. The van der Waals surface area contributed by atoms with E-state index in [9.17, 15) is 9.18 Å². The van der Waals surface area contributed by atoms with E-state index >= 15 is 0 Å². The molecule has 0 radical (unpaired) electrons. The van der Waals surface area contributed by atoms with Crippen molar-refractivity contribution in [2.45, 2.75) is 25.3 Å². The van der Waals surface area contributed by atoms with Crippen LogP contribution in [0.5, 0.6) is 0 Å². The minimum atomic E-state index is -0.545. The van der Waals surface area contributed by atoms with Crippen molar-refractivity contribution in [1.29, 1.82) is 0 Å². The van der Waals surface area contributed by atoms with Crippen molar-refractivity contribution in [3.63, 3.8) is 0 Å². The third kappa shape index (κ3) is 2.42. The van der Waals surface area contributed by atoms with Gasteiger partial charge in [-0.25, -0.2) is 4.39 Å². The van der Waals surface area contributed by atoms with Crippen LogP contribution in [0.15, 0.2) is 18.2 Å². The van der Waals surface area contributed by atoms with Gasteiger partial charge in [-0.05, 0) is 43.2 Å². The van der Waals surface area contributed by atoms with E-state index in [1.807, 2.05) is 0 Å². The lowest BCUT2D eigenvalue weighted by Crippen LogP contribution is -2.32. The van der Waals surface area contributed by atoms with Crippen molar-refractivity contribution in [3.05, 3.63) is 34.6 Å². The molecule has 0 aromatic heterocycles. The molecule has 1 heterocycles. The lowest BCUT2D eigenvalue weighted by atomic mass is 9.79. The molecule has 3 rings (SSSR count). The lowest BCUT2D eigenvalue weighted by molar-refractivity contribution is 0.0783. The van der Waals surface area contributed by atoms with Crippen LogP contribution in [0.1, 0.15) is 29.6 Å². The Morgan fingerprint density at radius 2 is 2.05 bits per heavy atom. The number of halogens is 2. The third-order valence-corrected chi connectivity index (χ3v) is 4.94. The van der Waals surface area contributed by atoms with Crippen LogP contribution < -0.4 is 5.73 Å². The summed E-state index contributed by atoms with van der Waals surface area (Å²) in [5.74, 6) is 0.301. The van der Waals surface area contributed by atoms with Gasteiger partial charge in [0.1, 0.15) is 5.82 Å². The first kappa shape index (κ1) is 13.8. The second kappa shape index (κ2) is 5.34. The highest BCUT2D eigenvalue weighted by atomic mass is 35.5. The summed E-state index contributed by atoms with van der Waals surface area (Å²) in [4.78, 5) is 14.3. The SMILES string of the molecule is NC1CC[C@@H]2CN(C(=O)c3cccc(F)c3Cl)C[C@@H]2C1. The van der Waals surface area contributed by atoms with E-state index in [4.69, 9.17) is 17.3 Å². The van der Waals surface area contributed by atoms with Gasteiger partial charge < -0.3 is 10.6 Å². The van der Waals surface area contributed by atoms with Crippen LogP contribution in [0.2, 0.25) is 5.02 Å². The Morgan fingerprint density at radius 3 is 2.85 bits per heavy atom. The van der Waals surface area contributed by atoms with Gasteiger partial charge in [-0.3, -0.25) is 4.79 Å². The van der Waals surface area contributed by atoms with Gasteiger partial charge in [0.25, 0.3) is 5.91 Å². The molecule has 3 atom stereocenters. The number of hydrogen-bond acceptors (Lipinski definition) is 2. The molecule has 1 aliphatic heterocycles. The summed E-state index contributed by atoms with van der Waals surface area (Å²) < 4.78 is 13.5. The van der Waals surface area contributed by atoms with E-state index in [-0.39, 0.29) is 22.5 Å². The Hall–Kier alpha value is -1.13. The molecule has 1 saturated heterocycles. The molecular formula is C15H18ClFN2O. The zero-order chi connectivity index (χ0) is 14.3. The smallest absolute Gasteiger partial charge is 0.255 e. The van der Waals surface area contributed by atoms with Crippen molar-refractivity contribution in [2.24, 2.45) is 17.6 Å². The first-order valence-electron chi connectivity index (χ1n) is 7.05. The van der Waals surface area contributed by atoms with Crippen LogP contribution in [0.4, 0.5) is 4.39 Å². The van der Waals surface area contributed by atoms with E-state index < -0.39 is 5.82 Å². The van der Waals surface area contributed by atoms with Crippen LogP contribution in [-0.4, -0.2) is 29.9 Å². The molecule has 3 nitrogen and oxygen atoms in total. The number of nitrogens with two attached hydrogens (primary N) is 1. The van der Waals surface area contributed by atoms with E-state index in [2.05, 4.69) is 0 Å². The second-order valence-corrected chi connectivity index (χ2v) is 6.28. The Kier molecular flexibility index (Phi) is 3.69. The van der Waals surface area contributed by atoms with Crippen molar-refractivity contribution < 1.29 is 9.18 Å². The van der Waals surface area contributed by atoms with E-state index in [1.54, 1.807) is 11.0 Å². The van der Waals surface area contributed by atoms with Crippen molar-refractivity contribution in [1.82, 2.24) is 4.90 Å². The normalized spacial score (nSPS) is 29.4. The second-order valence-electron chi connectivity index (χ2n) is 5.90.